The van der Waals surface area contributed by atoms with Crippen molar-refractivity contribution in [2.45, 2.75) is 103 Å². The van der Waals surface area contributed by atoms with E-state index in [4.69, 9.17) is 9.47 Å². The first-order valence-corrected chi connectivity index (χ1v) is 14.5. The predicted octanol–water partition coefficient (Wildman–Crippen LogP) is 5.01. The van der Waals surface area contributed by atoms with Crippen LogP contribution in [-0.2, 0) is 22.5 Å². The van der Waals surface area contributed by atoms with Crippen molar-refractivity contribution in [2.75, 3.05) is 33.4 Å². The molecule has 204 valence electrons. The van der Waals surface area contributed by atoms with Gasteiger partial charge in [-0.3, -0.25) is 9.69 Å². The Morgan fingerprint density at radius 1 is 1.05 bits per heavy atom. The maximum absolute atomic E-state index is 13.1. The third kappa shape index (κ3) is 5.34. The molecule has 0 radical (unpaired) electrons. The molecule has 5 rings (SSSR count). The number of methoxy groups -OCH3 is 1. The van der Waals surface area contributed by atoms with E-state index in [0.717, 1.165) is 76.9 Å². The quantitative estimate of drug-likeness (QED) is 0.497. The molecule has 0 unspecified atom stereocenters. The van der Waals surface area contributed by atoms with Gasteiger partial charge in [0, 0.05) is 32.2 Å². The fourth-order valence-corrected chi connectivity index (χ4v) is 6.81. The van der Waals surface area contributed by atoms with Gasteiger partial charge in [-0.2, -0.15) is 0 Å². The molecular weight excluding hydrogens is 466 g/mol. The standard InChI is InChI=1S/C30H45N3O4/c1-5-21-18-26(36-4)25(22-7-8-22)17-23(21)19-32-15-13-30(14-16-32)20-33(28(35)31-30)24-9-11-29(3,12-10-24)27(34)37-6-2/h17-18,22,24H,5-16,19-20H2,1-4H3,(H,31,35). The van der Waals surface area contributed by atoms with Gasteiger partial charge in [0.15, 0.2) is 0 Å². The number of hydrogen-bond donors (Lipinski definition) is 1. The largest absolute Gasteiger partial charge is 0.496 e. The molecule has 1 N–H and O–H groups in total. The maximum Gasteiger partial charge on any atom is 0.318 e. The highest BCUT2D eigenvalue weighted by molar-refractivity contribution is 5.79. The number of hydrogen-bond acceptors (Lipinski definition) is 5. The number of amides is 2. The van der Waals surface area contributed by atoms with Gasteiger partial charge in [-0.15, -0.1) is 0 Å². The Kier molecular flexibility index (Phi) is 7.45. The predicted molar refractivity (Wildman–Crippen MR) is 144 cm³/mol. The fraction of sp³-hybridized carbons (Fsp3) is 0.733. The summed E-state index contributed by atoms with van der Waals surface area (Å²) >= 11 is 0. The number of carbonyl (C=O) groups is 2. The second-order valence-electron chi connectivity index (χ2n) is 12.1. The van der Waals surface area contributed by atoms with Crippen molar-refractivity contribution in [3.63, 3.8) is 0 Å². The van der Waals surface area contributed by atoms with Gasteiger partial charge in [-0.1, -0.05) is 13.0 Å². The van der Waals surface area contributed by atoms with Crippen LogP contribution in [0.15, 0.2) is 12.1 Å². The smallest absolute Gasteiger partial charge is 0.318 e. The van der Waals surface area contributed by atoms with E-state index in [-0.39, 0.29) is 23.6 Å². The van der Waals surface area contributed by atoms with Crippen LogP contribution < -0.4 is 10.1 Å². The van der Waals surface area contributed by atoms with E-state index in [1.807, 2.05) is 13.8 Å². The normalized spacial score (nSPS) is 27.8. The summed E-state index contributed by atoms with van der Waals surface area (Å²) in [5.74, 6) is 1.63. The first kappa shape index (κ1) is 26.3. The highest BCUT2D eigenvalue weighted by atomic mass is 16.5. The Morgan fingerprint density at radius 2 is 1.76 bits per heavy atom. The zero-order valence-electron chi connectivity index (χ0n) is 23.2. The number of urea groups is 1. The molecule has 2 aliphatic carbocycles. The van der Waals surface area contributed by atoms with Crippen molar-refractivity contribution in [1.82, 2.24) is 15.1 Å². The molecule has 0 atom stereocenters. The van der Waals surface area contributed by atoms with Crippen LogP contribution in [0.3, 0.4) is 0 Å². The summed E-state index contributed by atoms with van der Waals surface area (Å²) in [6.45, 7) is 10.3. The molecule has 1 aromatic carbocycles. The number of likely N-dealkylation sites (tertiary alicyclic amines) is 1. The lowest BCUT2D eigenvalue weighted by Crippen LogP contribution is -2.52. The minimum absolute atomic E-state index is 0.0793. The number of carbonyl (C=O) groups excluding carboxylic acids is 2. The zero-order valence-corrected chi connectivity index (χ0v) is 23.2. The Hall–Kier alpha value is -2.28. The van der Waals surface area contributed by atoms with E-state index in [1.165, 1.54) is 29.5 Å². The van der Waals surface area contributed by atoms with Crippen molar-refractivity contribution in [3.8, 4) is 5.75 Å². The van der Waals surface area contributed by atoms with Gasteiger partial charge in [-0.25, -0.2) is 4.79 Å². The average Bonchev–Trinajstić information content (AvgIpc) is 3.70. The summed E-state index contributed by atoms with van der Waals surface area (Å²) in [6.07, 6.45) is 8.81. The number of aryl methyl sites for hydroxylation is 1. The van der Waals surface area contributed by atoms with Crippen LogP contribution in [0.4, 0.5) is 4.79 Å². The number of esters is 1. The van der Waals surface area contributed by atoms with Gasteiger partial charge in [0.05, 0.1) is 24.7 Å². The van der Waals surface area contributed by atoms with E-state index < -0.39 is 5.41 Å². The minimum Gasteiger partial charge on any atom is -0.496 e. The summed E-state index contributed by atoms with van der Waals surface area (Å²) in [4.78, 5) is 30.1. The molecule has 1 aromatic rings. The van der Waals surface area contributed by atoms with Gasteiger partial charge < -0.3 is 19.7 Å². The first-order chi connectivity index (χ1) is 17.8. The molecule has 2 aliphatic heterocycles. The van der Waals surface area contributed by atoms with E-state index in [9.17, 15) is 9.59 Å². The van der Waals surface area contributed by atoms with Crippen LogP contribution in [0.25, 0.3) is 0 Å². The van der Waals surface area contributed by atoms with Gasteiger partial charge >= 0.3 is 12.0 Å². The lowest BCUT2D eigenvalue weighted by atomic mass is 9.73. The van der Waals surface area contributed by atoms with E-state index in [0.29, 0.717) is 12.5 Å². The maximum atomic E-state index is 13.1. The van der Waals surface area contributed by atoms with Crippen molar-refractivity contribution in [2.24, 2.45) is 5.41 Å². The summed E-state index contributed by atoms with van der Waals surface area (Å²) in [5, 5.41) is 3.39. The number of piperidine rings is 1. The molecule has 2 amide bonds. The lowest BCUT2D eigenvalue weighted by Gasteiger charge is -2.41. The molecule has 2 heterocycles. The van der Waals surface area contributed by atoms with Gasteiger partial charge in [0.25, 0.3) is 0 Å². The Morgan fingerprint density at radius 3 is 2.35 bits per heavy atom. The number of nitrogens with one attached hydrogen (secondary N) is 1. The van der Waals surface area contributed by atoms with E-state index in [2.05, 4.69) is 34.2 Å². The molecule has 1 spiro atoms. The molecule has 7 nitrogen and oxygen atoms in total. The van der Waals surface area contributed by atoms with Crippen LogP contribution in [0.5, 0.6) is 5.75 Å². The summed E-state index contributed by atoms with van der Waals surface area (Å²) in [7, 11) is 1.79. The van der Waals surface area contributed by atoms with Crippen LogP contribution in [-0.4, -0.2) is 66.7 Å². The third-order valence-electron chi connectivity index (χ3n) is 9.53. The van der Waals surface area contributed by atoms with Crippen molar-refractivity contribution in [1.29, 1.82) is 0 Å². The minimum atomic E-state index is -0.413. The molecular formula is C30H45N3O4. The Balaban J connectivity index is 1.18. The number of benzene rings is 1. The van der Waals surface area contributed by atoms with Crippen molar-refractivity contribution < 1.29 is 19.1 Å². The molecule has 2 saturated carbocycles. The summed E-state index contributed by atoms with van der Waals surface area (Å²) < 4.78 is 11.0. The summed E-state index contributed by atoms with van der Waals surface area (Å²) in [6, 6.07) is 4.97. The average molecular weight is 512 g/mol. The number of nitrogens with zero attached hydrogens (tertiary/aromatic N) is 2. The second kappa shape index (κ2) is 10.5. The molecule has 2 saturated heterocycles. The van der Waals surface area contributed by atoms with Crippen molar-refractivity contribution in [3.05, 3.63) is 28.8 Å². The lowest BCUT2D eigenvalue weighted by molar-refractivity contribution is -0.156. The van der Waals surface area contributed by atoms with Gasteiger partial charge in [0.2, 0.25) is 0 Å². The molecule has 0 aromatic heterocycles. The molecule has 0 bridgehead atoms. The van der Waals surface area contributed by atoms with Crippen molar-refractivity contribution >= 4 is 12.0 Å². The Labute approximate surface area is 222 Å². The number of ether oxygens (including phenoxy) is 2. The SMILES string of the molecule is CCOC(=O)C1(C)CCC(N2CC3(CCN(Cc4cc(C5CC5)c(OC)cc4CC)CC3)NC2=O)CC1. The van der Waals surface area contributed by atoms with Crippen LogP contribution in [0.2, 0.25) is 0 Å². The van der Waals surface area contributed by atoms with Crippen LogP contribution in [0, 0.1) is 5.41 Å². The first-order valence-electron chi connectivity index (χ1n) is 14.5. The van der Waals surface area contributed by atoms with Gasteiger partial charge in [0.1, 0.15) is 5.75 Å². The molecule has 7 heteroatoms. The molecule has 37 heavy (non-hydrogen) atoms. The summed E-state index contributed by atoms with van der Waals surface area (Å²) in [5.41, 5.74) is 3.67. The van der Waals surface area contributed by atoms with E-state index >= 15 is 0 Å². The molecule has 4 aliphatic rings. The third-order valence-corrected chi connectivity index (χ3v) is 9.53. The molecule has 4 fully saturated rings. The zero-order chi connectivity index (χ0) is 26.2. The fourth-order valence-electron chi connectivity index (χ4n) is 6.81. The monoisotopic (exact) mass is 511 g/mol. The second-order valence-corrected chi connectivity index (χ2v) is 12.1. The topological polar surface area (TPSA) is 71.1 Å². The van der Waals surface area contributed by atoms with E-state index in [1.54, 1.807) is 7.11 Å². The van der Waals surface area contributed by atoms with Gasteiger partial charge in [-0.05, 0) is 100 Å². The number of rotatable bonds is 8. The Bertz CT molecular complexity index is 1000. The van der Waals surface area contributed by atoms with Crippen LogP contribution in [0.1, 0.15) is 94.7 Å². The highest BCUT2D eigenvalue weighted by Crippen LogP contribution is 2.46. The van der Waals surface area contributed by atoms with Crippen LogP contribution >= 0.6 is 0 Å². The highest BCUT2D eigenvalue weighted by Gasteiger charge is 2.48.